The summed E-state index contributed by atoms with van der Waals surface area (Å²) in [6, 6.07) is 37.8. The molecule has 0 saturated carbocycles. The van der Waals surface area contributed by atoms with Gasteiger partial charge in [-0.15, -0.1) is 0 Å². The van der Waals surface area contributed by atoms with Gasteiger partial charge in [0.1, 0.15) is 0 Å². The largest absolute Gasteiger partial charge is 0.0616 e. The van der Waals surface area contributed by atoms with E-state index in [1.165, 1.54) is 21.5 Å². The maximum absolute atomic E-state index is 3.30. The van der Waals surface area contributed by atoms with Crippen LogP contribution in [0.15, 0.2) is 109 Å². The fourth-order valence-electron chi connectivity index (χ4n) is 4.55. The van der Waals surface area contributed by atoms with E-state index in [9.17, 15) is 0 Å². The predicted octanol–water partition coefficient (Wildman–Crippen LogP) is 7.71. The third kappa shape index (κ3) is 3.53. The zero-order chi connectivity index (χ0) is 22.7. The molecule has 0 fully saturated rings. The van der Waals surface area contributed by atoms with Crippen LogP contribution in [0.5, 0.6) is 0 Å². The van der Waals surface area contributed by atoms with Crippen LogP contribution in [-0.4, -0.2) is 0 Å². The lowest BCUT2D eigenvalue weighted by Crippen LogP contribution is -1.84. The summed E-state index contributed by atoms with van der Waals surface area (Å²) in [5.74, 6) is 18.6. The van der Waals surface area contributed by atoms with Gasteiger partial charge < -0.3 is 0 Å². The van der Waals surface area contributed by atoms with Crippen molar-refractivity contribution in [3.63, 3.8) is 0 Å². The molecule has 6 aromatic rings. The highest BCUT2D eigenvalue weighted by molar-refractivity contribution is 6.05. The van der Waals surface area contributed by atoms with Crippen LogP contribution in [0.25, 0.3) is 43.1 Å². The maximum Gasteiger partial charge on any atom is 0.0412 e. The molecule has 0 aliphatic carbocycles. The van der Waals surface area contributed by atoms with Crippen LogP contribution in [0, 0.1) is 35.5 Å². The highest BCUT2D eigenvalue weighted by Crippen LogP contribution is 2.28. The molecule has 0 amide bonds. The van der Waals surface area contributed by atoms with Gasteiger partial charge in [0.15, 0.2) is 0 Å². The first-order valence-electron chi connectivity index (χ1n) is 11.2. The Kier molecular flexibility index (Phi) is 4.94. The topological polar surface area (TPSA) is 0 Å². The first kappa shape index (κ1) is 19.7. The summed E-state index contributed by atoms with van der Waals surface area (Å²) < 4.78 is 0. The highest BCUT2D eigenvalue weighted by Gasteiger charge is 2.05. The van der Waals surface area contributed by atoms with Gasteiger partial charge in [0, 0.05) is 11.1 Å². The smallest absolute Gasteiger partial charge is 0.0412 e. The molecule has 6 rings (SSSR count). The zero-order valence-electron chi connectivity index (χ0n) is 18.4. The average Bonchev–Trinajstić information content (AvgIpc) is 2.89. The molecule has 0 bridgehead atoms. The van der Waals surface area contributed by atoms with Crippen LogP contribution in [0.2, 0.25) is 0 Å². The summed E-state index contributed by atoms with van der Waals surface area (Å²) in [7, 11) is 0. The second-order valence-corrected chi connectivity index (χ2v) is 8.14. The van der Waals surface area contributed by atoms with Gasteiger partial charge in [-0.1, -0.05) is 109 Å². The highest BCUT2D eigenvalue weighted by atomic mass is 14.1. The van der Waals surface area contributed by atoms with Gasteiger partial charge in [-0.05, 0) is 78.9 Å². The molecular weight excluding hydrogens is 408 g/mol. The Morgan fingerprint density at radius 3 is 0.941 bits per heavy atom. The Bertz CT molecular complexity index is 1670. The van der Waals surface area contributed by atoms with E-state index in [0.29, 0.717) is 0 Å². The van der Waals surface area contributed by atoms with E-state index >= 15 is 0 Å². The predicted molar refractivity (Wildman–Crippen MR) is 144 cm³/mol. The Balaban J connectivity index is 1.42. The molecule has 6 aromatic carbocycles. The second kappa shape index (κ2) is 8.52. The third-order valence-electron chi connectivity index (χ3n) is 6.11. The van der Waals surface area contributed by atoms with Crippen molar-refractivity contribution in [2.24, 2.45) is 0 Å². The normalized spacial score (nSPS) is 10.2. The summed E-state index contributed by atoms with van der Waals surface area (Å²) in [6.07, 6.45) is 0. The fraction of sp³-hybridized carbons (Fsp3) is 0. The number of rotatable bonds is 0. The summed E-state index contributed by atoms with van der Waals surface area (Å²) in [5.41, 5.74) is 2.02. The standard InChI is InChI=1S/C34H18/c1(3-21-33-29-17-9-5-13-25(29)23-26-14-6-10-18-30(26)33)2-4-22-34-31-19-11-7-15-27(31)24-28-16-8-12-20-32(28)34/h5-20,23-24H. The molecule has 0 saturated heterocycles. The molecule has 0 aliphatic rings. The van der Waals surface area contributed by atoms with Crippen LogP contribution < -0.4 is 0 Å². The Labute approximate surface area is 198 Å². The lowest BCUT2D eigenvalue weighted by Gasteiger charge is -2.06. The van der Waals surface area contributed by atoms with Gasteiger partial charge in [-0.25, -0.2) is 0 Å². The monoisotopic (exact) mass is 426 g/mol. The number of benzene rings is 6. The van der Waals surface area contributed by atoms with Crippen molar-refractivity contribution < 1.29 is 0 Å². The van der Waals surface area contributed by atoms with Crippen LogP contribution in [-0.2, 0) is 0 Å². The van der Waals surface area contributed by atoms with Crippen molar-refractivity contribution in [2.45, 2.75) is 0 Å². The Hall–Kier alpha value is -4.96. The fourth-order valence-corrected chi connectivity index (χ4v) is 4.55. The quantitative estimate of drug-likeness (QED) is 0.172. The molecule has 154 valence electrons. The van der Waals surface area contributed by atoms with Gasteiger partial charge in [0.05, 0.1) is 0 Å². The molecule has 0 heteroatoms. The Morgan fingerprint density at radius 2 is 0.618 bits per heavy atom. The SMILES string of the molecule is C(#CC#Cc1c2ccccc2cc2ccccc12)C#Cc1c2ccccc2cc2ccccc12. The first-order valence-corrected chi connectivity index (χ1v) is 11.2. The van der Waals surface area contributed by atoms with Crippen molar-refractivity contribution in [3.8, 4) is 35.5 Å². The minimum atomic E-state index is 1.01. The molecule has 0 aliphatic heterocycles. The van der Waals surface area contributed by atoms with Crippen LogP contribution >= 0.6 is 0 Å². The van der Waals surface area contributed by atoms with Gasteiger partial charge in [-0.2, -0.15) is 0 Å². The second-order valence-electron chi connectivity index (χ2n) is 8.14. The van der Waals surface area contributed by atoms with Gasteiger partial charge in [0.25, 0.3) is 0 Å². The summed E-state index contributed by atoms with van der Waals surface area (Å²) in [5, 5.41) is 9.30. The minimum absolute atomic E-state index is 1.01. The molecule has 0 N–H and O–H groups in total. The van der Waals surface area contributed by atoms with Gasteiger partial charge in [0.2, 0.25) is 0 Å². The Morgan fingerprint density at radius 1 is 0.324 bits per heavy atom. The molecule has 0 unspecified atom stereocenters. The molecule has 0 heterocycles. The van der Waals surface area contributed by atoms with Crippen LogP contribution in [0.4, 0.5) is 0 Å². The van der Waals surface area contributed by atoms with E-state index in [1.54, 1.807) is 0 Å². The van der Waals surface area contributed by atoms with Crippen molar-refractivity contribution in [1.29, 1.82) is 0 Å². The number of hydrogen-bond donors (Lipinski definition) is 0. The minimum Gasteiger partial charge on any atom is -0.0616 e. The van der Waals surface area contributed by atoms with E-state index < -0.39 is 0 Å². The molecule has 0 aromatic heterocycles. The van der Waals surface area contributed by atoms with E-state index in [-0.39, 0.29) is 0 Å². The molecule has 0 spiro atoms. The van der Waals surface area contributed by atoms with Crippen molar-refractivity contribution in [3.05, 3.63) is 120 Å². The lowest BCUT2D eigenvalue weighted by atomic mass is 9.97. The molecule has 34 heavy (non-hydrogen) atoms. The third-order valence-corrected chi connectivity index (χ3v) is 6.11. The molecule has 0 nitrogen and oxygen atoms in total. The molecule has 0 radical (unpaired) electrons. The van der Waals surface area contributed by atoms with Crippen molar-refractivity contribution in [2.75, 3.05) is 0 Å². The number of hydrogen-bond acceptors (Lipinski definition) is 0. The van der Waals surface area contributed by atoms with Crippen LogP contribution in [0.1, 0.15) is 11.1 Å². The maximum atomic E-state index is 3.30. The van der Waals surface area contributed by atoms with Gasteiger partial charge >= 0.3 is 0 Å². The number of fused-ring (bicyclic) bond motifs is 4. The summed E-state index contributed by atoms with van der Waals surface area (Å²) in [4.78, 5) is 0. The average molecular weight is 427 g/mol. The summed E-state index contributed by atoms with van der Waals surface area (Å²) >= 11 is 0. The van der Waals surface area contributed by atoms with E-state index in [4.69, 9.17) is 0 Å². The van der Waals surface area contributed by atoms with Gasteiger partial charge in [-0.3, -0.25) is 0 Å². The first-order chi connectivity index (χ1) is 16.9. The van der Waals surface area contributed by atoms with E-state index in [0.717, 1.165) is 32.7 Å². The molecule has 0 atom stereocenters. The summed E-state index contributed by atoms with van der Waals surface area (Å²) in [6.45, 7) is 0. The zero-order valence-corrected chi connectivity index (χ0v) is 18.4. The molecular formula is C34H18. The lowest BCUT2D eigenvalue weighted by molar-refractivity contribution is 1.73. The van der Waals surface area contributed by atoms with E-state index in [1.807, 2.05) is 24.3 Å². The van der Waals surface area contributed by atoms with E-state index in [2.05, 4.69) is 120 Å². The van der Waals surface area contributed by atoms with Crippen molar-refractivity contribution in [1.82, 2.24) is 0 Å². The van der Waals surface area contributed by atoms with Crippen molar-refractivity contribution >= 4 is 43.1 Å². The van der Waals surface area contributed by atoms with Crippen LogP contribution in [0.3, 0.4) is 0 Å².